The molecule has 0 aliphatic heterocycles. The van der Waals surface area contributed by atoms with Crippen LogP contribution >= 0.6 is 22.6 Å². The van der Waals surface area contributed by atoms with Crippen LogP contribution in [-0.4, -0.2) is 20.2 Å². The van der Waals surface area contributed by atoms with Crippen molar-refractivity contribution in [3.8, 4) is 0 Å². The van der Waals surface area contributed by atoms with Crippen LogP contribution < -0.4 is 0 Å². The fraction of sp³-hybridized carbons (Fsp3) is 0.667. The predicted octanol–water partition coefficient (Wildman–Crippen LogP) is 0.145. The summed E-state index contributed by atoms with van der Waals surface area (Å²) >= 11 is 2.21. The number of alkyl halides is 1. The second-order valence-corrected chi connectivity index (χ2v) is 2.12. The Bertz CT molecular complexity index is 172. The van der Waals surface area contributed by atoms with Crippen LogP contribution in [0.5, 0.6) is 0 Å². The van der Waals surface area contributed by atoms with E-state index >= 15 is 0 Å². The van der Waals surface area contributed by atoms with Gasteiger partial charge in [-0.1, -0.05) is 22.6 Å². The van der Waals surface area contributed by atoms with Gasteiger partial charge in [0.15, 0.2) is 5.82 Å². The third kappa shape index (κ3) is 0.960. The van der Waals surface area contributed by atoms with Crippen molar-refractivity contribution in [2.75, 3.05) is 0 Å². The second kappa shape index (κ2) is 2.38. The highest BCUT2D eigenvalue weighted by Crippen LogP contribution is 1.95. The fourth-order valence-corrected chi connectivity index (χ4v) is 1.01. The van der Waals surface area contributed by atoms with E-state index in [-0.39, 0.29) is 0 Å². The summed E-state index contributed by atoms with van der Waals surface area (Å²) in [4.78, 5) is 0. The van der Waals surface area contributed by atoms with Gasteiger partial charge in [0.2, 0.25) is 0 Å². The van der Waals surface area contributed by atoms with Crippen LogP contribution in [0.4, 0.5) is 0 Å². The molecule has 5 heteroatoms. The maximum absolute atomic E-state index is 3.73. The topological polar surface area (TPSA) is 43.6 Å². The number of aryl methyl sites for hydroxylation is 1. The largest absolute Gasteiger partial charge is 0.232 e. The lowest BCUT2D eigenvalue weighted by Crippen LogP contribution is -1.95. The summed E-state index contributed by atoms with van der Waals surface area (Å²) in [5, 5.41) is 10.8. The zero-order valence-electron chi connectivity index (χ0n) is 4.37. The Morgan fingerprint density at radius 3 is 2.75 bits per heavy atom. The minimum Gasteiger partial charge on any atom is -0.232 e. The van der Waals surface area contributed by atoms with Crippen LogP contribution in [0.2, 0.25) is 0 Å². The third-order valence-corrected chi connectivity index (χ3v) is 1.51. The number of hydrogen-bond acceptors (Lipinski definition) is 3. The van der Waals surface area contributed by atoms with Crippen molar-refractivity contribution >= 4 is 22.6 Å². The Kier molecular flexibility index (Phi) is 1.77. The van der Waals surface area contributed by atoms with Gasteiger partial charge < -0.3 is 0 Å². The molecular weight excluding hydrogens is 219 g/mol. The first-order valence-electron chi connectivity index (χ1n) is 2.12. The molecule has 1 heterocycles. The van der Waals surface area contributed by atoms with Crippen molar-refractivity contribution in [1.29, 1.82) is 0 Å². The summed E-state index contributed by atoms with van der Waals surface area (Å²) in [6.07, 6.45) is 0. The van der Waals surface area contributed by atoms with Gasteiger partial charge in [0.1, 0.15) is 0 Å². The fourth-order valence-electron chi connectivity index (χ4n) is 0.361. The molecule has 0 saturated heterocycles. The first-order valence-corrected chi connectivity index (χ1v) is 3.64. The molecule has 0 spiro atoms. The smallest absolute Gasteiger partial charge is 0.160 e. The molecule has 0 aliphatic rings. The predicted molar refractivity (Wildman–Crippen MR) is 36.5 cm³/mol. The van der Waals surface area contributed by atoms with E-state index in [9.17, 15) is 0 Å². The summed E-state index contributed by atoms with van der Waals surface area (Å²) in [6.45, 7) is 0. The molecule has 0 radical (unpaired) electrons. The van der Waals surface area contributed by atoms with Crippen molar-refractivity contribution in [1.82, 2.24) is 20.2 Å². The summed E-state index contributed by atoms with van der Waals surface area (Å²) in [6, 6.07) is 0. The number of aromatic nitrogens is 4. The molecule has 1 aromatic rings. The van der Waals surface area contributed by atoms with E-state index in [0.29, 0.717) is 0 Å². The van der Waals surface area contributed by atoms with Crippen LogP contribution in [0.1, 0.15) is 5.82 Å². The average Bonchev–Trinajstić information content (AvgIpc) is 2.14. The lowest BCUT2D eigenvalue weighted by Gasteiger charge is -1.86. The Labute approximate surface area is 60.4 Å². The first-order chi connectivity index (χ1) is 3.84. The van der Waals surface area contributed by atoms with E-state index in [0.717, 1.165) is 10.3 Å². The van der Waals surface area contributed by atoms with E-state index in [1.807, 2.05) is 7.05 Å². The molecule has 0 amide bonds. The van der Waals surface area contributed by atoms with Gasteiger partial charge in [-0.3, -0.25) is 0 Å². The van der Waals surface area contributed by atoms with Crippen LogP contribution in [0.15, 0.2) is 0 Å². The Balaban J connectivity index is 2.92. The van der Waals surface area contributed by atoms with E-state index < -0.39 is 0 Å². The van der Waals surface area contributed by atoms with E-state index in [1.54, 1.807) is 4.68 Å². The van der Waals surface area contributed by atoms with Gasteiger partial charge in [0.25, 0.3) is 0 Å². The number of nitrogens with zero attached hydrogens (tertiary/aromatic N) is 4. The highest BCUT2D eigenvalue weighted by Gasteiger charge is 1.95. The molecular formula is C3H5IN4. The second-order valence-electron chi connectivity index (χ2n) is 1.35. The zero-order chi connectivity index (χ0) is 5.98. The maximum Gasteiger partial charge on any atom is 0.160 e. The molecule has 0 atom stereocenters. The van der Waals surface area contributed by atoms with Crippen molar-refractivity contribution < 1.29 is 0 Å². The molecule has 0 aliphatic carbocycles. The average molecular weight is 224 g/mol. The van der Waals surface area contributed by atoms with Crippen molar-refractivity contribution in [3.05, 3.63) is 5.82 Å². The third-order valence-electron chi connectivity index (χ3n) is 0.827. The minimum absolute atomic E-state index is 0.862. The summed E-state index contributed by atoms with van der Waals surface area (Å²) in [5.41, 5.74) is 0. The van der Waals surface area contributed by atoms with Crippen LogP contribution in [0, 0.1) is 0 Å². The lowest BCUT2D eigenvalue weighted by atomic mass is 10.7. The van der Waals surface area contributed by atoms with Crippen molar-refractivity contribution in [2.45, 2.75) is 4.43 Å². The van der Waals surface area contributed by atoms with Gasteiger partial charge in [-0.2, -0.15) is 0 Å². The van der Waals surface area contributed by atoms with E-state index in [1.165, 1.54) is 0 Å². The Morgan fingerprint density at radius 2 is 2.50 bits per heavy atom. The van der Waals surface area contributed by atoms with Gasteiger partial charge in [0.05, 0.1) is 4.43 Å². The van der Waals surface area contributed by atoms with Crippen molar-refractivity contribution in [2.24, 2.45) is 7.05 Å². The Morgan fingerprint density at radius 1 is 1.75 bits per heavy atom. The molecule has 4 nitrogen and oxygen atoms in total. The van der Waals surface area contributed by atoms with Gasteiger partial charge in [0, 0.05) is 7.05 Å². The van der Waals surface area contributed by atoms with Crippen molar-refractivity contribution in [3.63, 3.8) is 0 Å². The van der Waals surface area contributed by atoms with Gasteiger partial charge in [-0.25, -0.2) is 4.68 Å². The van der Waals surface area contributed by atoms with Crippen LogP contribution in [0.25, 0.3) is 0 Å². The SMILES string of the molecule is Cn1nnnc1CI. The number of rotatable bonds is 1. The number of halogens is 1. The summed E-state index contributed by atoms with van der Waals surface area (Å²) < 4.78 is 2.52. The molecule has 0 saturated carbocycles. The molecule has 0 fully saturated rings. The van der Waals surface area contributed by atoms with Gasteiger partial charge >= 0.3 is 0 Å². The minimum atomic E-state index is 0.862. The molecule has 44 valence electrons. The highest BCUT2D eigenvalue weighted by atomic mass is 127. The van der Waals surface area contributed by atoms with E-state index in [4.69, 9.17) is 0 Å². The van der Waals surface area contributed by atoms with E-state index in [2.05, 4.69) is 38.1 Å². The van der Waals surface area contributed by atoms with Crippen LogP contribution in [-0.2, 0) is 11.5 Å². The molecule has 0 unspecified atom stereocenters. The lowest BCUT2D eigenvalue weighted by molar-refractivity contribution is 0.695. The normalized spacial score (nSPS) is 9.75. The molecule has 8 heavy (non-hydrogen) atoms. The zero-order valence-corrected chi connectivity index (χ0v) is 6.53. The summed E-state index contributed by atoms with van der Waals surface area (Å²) in [5.74, 6) is 0.908. The molecule has 0 bridgehead atoms. The van der Waals surface area contributed by atoms with Gasteiger partial charge in [-0.15, -0.1) is 5.10 Å². The molecule has 1 rings (SSSR count). The quantitative estimate of drug-likeness (QED) is 0.503. The summed E-state index contributed by atoms with van der Waals surface area (Å²) in [7, 11) is 1.83. The molecule has 0 N–H and O–H groups in total. The molecule has 0 aromatic carbocycles. The Hall–Kier alpha value is -0.200. The monoisotopic (exact) mass is 224 g/mol. The number of tetrazole rings is 1. The van der Waals surface area contributed by atoms with Crippen LogP contribution in [0.3, 0.4) is 0 Å². The highest BCUT2D eigenvalue weighted by molar-refractivity contribution is 14.1. The maximum atomic E-state index is 3.73. The number of hydrogen-bond donors (Lipinski definition) is 0. The van der Waals surface area contributed by atoms with Gasteiger partial charge in [-0.05, 0) is 10.4 Å². The molecule has 1 aromatic heterocycles. The first kappa shape index (κ1) is 5.93. The standard InChI is InChI=1S/C3H5IN4/c1-8-3(2-4)5-6-7-8/h2H2,1H3.